The van der Waals surface area contributed by atoms with Crippen molar-refractivity contribution in [3.05, 3.63) is 11.9 Å². The van der Waals surface area contributed by atoms with Crippen molar-refractivity contribution >= 4 is 5.82 Å². The smallest absolute Gasteiger partial charge is 0.451 e. The Morgan fingerprint density at radius 3 is 2.55 bits per heavy atom. The van der Waals surface area contributed by atoms with Gasteiger partial charge in [-0.3, -0.25) is 0 Å². The second-order valence-corrected chi connectivity index (χ2v) is 4.87. The Bertz CT molecular complexity index is 422. The Balaban J connectivity index is 2.86. The Morgan fingerprint density at radius 1 is 1.30 bits per heavy atom. The number of nitrogens with zero attached hydrogens (tertiary/aromatic N) is 2. The van der Waals surface area contributed by atoms with Crippen molar-refractivity contribution in [3.63, 3.8) is 0 Å². The van der Waals surface area contributed by atoms with Crippen LogP contribution in [-0.4, -0.2) is 23.1 Å². The van der Waals surface area contributed by atoms with Crippen molar-refractivity contribution in [2.24, 2.45) is 5.92 Å². The van der Waals surface area contributed by atoms with Crippen molar-refractivity contribution < 1.29 is 17.9 Å². The largest absolute Gasteiger partial charge is 0.478 e. The van der Waals surface area contributed by atoms with Crippen LogP contribution in [0.2, 0.25) is 0 Å². The van der Waals surface area contributed by atoms with Crippen LogP contribution in [-0.2, 0) is 6.18 Å². The van der Waals surface area contributed by atoms with Crippen LogP contribution in [0.4, 0.5) is 19.0 Å². The molecular weight excluding hydrogens is 271 g/mol. The first-order valence-corrected chi connectivity index (χ1v) is 6.66. The Hall–Kier alpha value is -1.53. The second-order valence-electron chi connectivity index (χ2n) is 4.87. The monoisotopic (exact) mass is 291 g/mol. The molecule has 1 aromatic rings. The van der Waals surface area contributed by atoms with Crippen LogP contribution in [0.5, 0.6) is 5.88 Å². The molecule has 0 aliphatic heterocycles. The van der Waals surface area contributed by atoms with E-state index in [0.717, 1.165) is 12.8 Å². The molecule has 0 saturated carbocycles. The van der Waals surface area contributed by atoms with Crippen LogP contribution in [0.3, 0.4) is 0 Å². The number of hydrogen-bond acceptors (Lipinski definition) is 4. The van der Waals surface area contributed by atoms with Crippen LogP contribution in [0, 0.1) is 5.92 Å². The molecule has 0 amide bonds. The van der Waals surface area contributed by atoms with Gasteiger partial charge in [-0.1, -0.05) is 20.8 Å². The zero-order valence-electron chi connectivity index (χ0n) is 11.9. The van der Waals surface area contributed by atoms with Crippen LogP contribution < -0.4 is 10.1 Å². The van der Waals surface area contributed by atoms with E-state index < -0.39 is 12.0 Å². The zero-order valence-corrected chi connectivity index (χ0v) is 11.9. The number of hydrogen-bond donors (Lipinski definition) is 1. The predicted octanol–water partition coefficient (Wildman–Crippen LogP) is 3.74. The quantitative estimate of drug-likeness (QED) is 0.831. The molecule has 114 valence electrons. The van der Waals surface area contributed by atoms with E-state index in [0.29, 0.717) is 19.1 Å². The molecule has 0 saturated heterocycles. The van der Waals surface area contributed by atoms with Crippen LogP contribution in [0.15, 0.2) is 6.07 Å². The van der Waals surface area contributed by atoms with Crippen LogP contribution in [0.1, 0.15) is 39.4 Å². The summed E-state index contributed by atoms with van der Waals surface area (Å²) >= 11 is 0. The average Bonchev–Trinajstić information content (AvgIpc) is 2.34. The number of halogens is 3. The molecule has 1 heterocycles. The first kappa shape index (κ1) is 16.5. The fourth-order valence-corrected chi connectivity index (χ4v) is 1.37. The first-order chi connectivity index (χ1) is 9.32. The lowest BCUT2D eigenvalue weighted by Crippen LogP contribution is -2.15. The summed E-state index contributed by atoms with van der Waals surface area (Å²) < 4.78 is 43.4. The van der Waals surface area contributed by atoms with E-state index in [1.54, 1.807) is 0 Å². The molecule has 0 atom stereocenters. The summed E-state index contributed by atoms with van der Waals surface area (Å²) in [7, 11) is 0. The third kappa shape index (κ3) is 5.63. The van der Waals surface area contributed by atoms with E-state index in [9.17, 15) is 13.2 Å². The predicted molar refractivity (Wildman–Crippen MR) is 70.8 cm³/mol. The molecule has 1 N–H and O–H groups in total. The molecule has 7 heteroatoms. The van der Waals surface area contributed by atoms with Gasteiger partial charge >= 0.3 is 6.18 Å². The molecule has 0 bridgehead atoms. The zero-order chi connectivity index (χ0) is 15.2. The minimum absolute atomic E-state index is 0.0495. The maximum Gasteiger partial charge on any atom is 0.451 e. The van der Waals surface area contributed by atoms with E-state index in [1.807, 2.05) is 20.8 Å². The number of nitrogens with one attached hydrogen (secondary N) is 1. The number of anilines is 1. The van der Waals surface area contributed by atoms with E-state index in [1.165, 1.54) is 6.07 Å². The van der Waals surface area contributed by atoms with Gasteiger partial charge in [-0.25, -0.2) is 4.98 Å². The Kier molecular flexibility index (Phi) is 6.04. The minimum atomic E-state index is -4.58. The molecule has 1 rings (SSSR count). The topological polar surface area (TPSA) is 47.0 Å². The van der Waals surface area contributed by atoms with Gasteiger partial charge in [0, 0.05) is 12.6 Å². The van der Waals surface area contributed by atoms with Gasteiger partial charge in [0.05, 0.1) is 6.61 Å². The molecule has 0 aliphatic carbocycles. The molecule has 0 spiro atoms. The van der Waals surface area contributed by atoms with Gasteiger partial charge in [0.25, 0.3) is 0 Å². The molecular formula is C13H20F3N3O. The molecule has 20 heavy (non-hydrogen) atoms. The van der Waals surface area contributed by atoms with Crippen molar-refractivity contribution in [2.45, 2.75) is 39.8 Å². The standard InChI is InChI=1S/C13H20F3N3O/c1-4-6-17-10-8-11(20-7-5-9(2)3)19-12(18-10)13(14,15)16/h8-9H,4-7H2,1-3H3,(H,17,18,19). The maximum absolute atomic E-state index is 12.7. The molecule has 0 unspecified atom stereocenters. The molecule has 0 aromatic carbocycles. The fourth-order valence-electron chi connectivity index (χ4n) is 1.37. The lowest BCUT2D eigenvalue weighted by Gasteiger charge is -2.12. The van der Waals surface area contributed by atoms with Crippen molar-refractivity contribution in [1.29, 1.82) is 0 Å². The van der Waals surface area contributed by atoms with Crippen molar-refractivity contribution in [1.82, 2.24) is 9.97 Å². The normalized spacial score (nSPS) is 11.8. The average molecular weight is 291 g/mol. The number of rotatable bonds is 7. The van der Waals surface area contributed by atoms with E-state index in [-0.39, 0.29) is 11.7 Å². The fraction of sp³-hybridized carbons (Fsp3) is 0.692. The molecule has 0 radical (unpaired) electrons. The minimum Gasteiger partial charge on any atom is -0.478 e. The number of aromatic nitrogens is 2. The van der Waals surface area contributed by atoms with Gasteiger partial charge < -0.3 is 10.1 Å². The van der Waals surface area contributed by atoms with Crippen molar-refractivity contribution in [2.75, 3.05) is 18.5 Å². The number of ether oxygens (including phenoxy) is 1. The van der Waals surface area contributed by atoms with Gasteiger partial charge in [-0.15, -0.1) is 0 Å². The molecule has 0 aliphatic rings. The number of alkyl halides is 3. The second kappa shape index (κ2) is 7.31. The highest BCUT2D eigenvalue weighted by Crippen LogP contribution is 2.29. The summed E-state index contributed by atoms with van der Waals surface area (Å²) in [5.41, 5.74) is 0. The molecule has 4 nitrogen and oxygen atoms in total. The van der Waals surface area contributed by atoms with E-state index in [2.05, 4.69) is 15.3 Å². The maximum atomic E-state index is 12.7. The van der Waals surface area contributed by atoms with E-state index in [4.69, 9.17) is 4.74 Å². The Labute approximate surface area is 116 Å². The van der Waals surface area contributed by atoms with E-state index >= 15 is 0 Å². The van der Waals surface area contributed by atoms with Crippen LogP contribution >= 0.6 is 0 Å². The highest BCUT2D eigenvalue weighted by atomic mass is 19.4. The van der Waals surface area contributed by atoms with Crippen molar-refractivity contribution in [3.8, 4) is 5.88 Å². The highest BCUT2D eigenvalue weighted by molar-refractivity contribution is 5.38. The third-order valence-electron chi connectivity index (χ3n) is 2.46. The SMILES string of the molecule is CCCNc1cc(OCCC(C)C)nc(C(F)(F)F)n1. The Morgan fingerprint density at radius 2 is 2.00 bits per heavy atom. The summed E-state index contributed by atoms with van der Waals surface area (Å²) in [6, 6.07) is 1.39. The van der Waals surface area contributed by atoms with Gasteiger partial charge in [0.1, 0.15) is 5.82 Å². The molecule has 0 fully saturated rings. The van der Waals surface area contributed by atoms with Gasteiger partial charge in [0.2, 0.25) is 11.7 Å². The van der Waals surface area contributed by atoms with Gasteiger partial charge in [0.15, 0.2) is 0 Å². The third-order valence-corrected chi connectivity index (χ3v) is 2.46. The van der Waals surface area contributed by atoms with Gasteiger partial charge in [-0.05, 0) is 18.8 Å². The summed E-state index contributed by atoms with van der Waals surface area (Å²) in [4.78, 5) is 6.87. The lowest BCUT2D eigenvalue weighted by molar-refractivity contribution is -0.145. The summed E-state index contributed by atoms with van der Waals surface area (Å²) in [5.74, 6) is -0.685. The summed E-state index contributed by atoms with van der Waals surface area (Å²) in [6.07, 6.45) is -3.04. The van der Waals surface area contributed by atoms with Crippen LogP contribution in [0.25, 0.3) is 0 Å². The highest BCUT2D eigenvalue weighted by Gasteiger charge is 2.35. The summed E-state index contributed by atoms with van der Waals surface area (Å²) in [6.45, 7) is 6.81. The first-order valence-electron chi connectivity index (χ1n) is 6.66. The van der Waals surface area contributed by atoms with Gasteiger partial charge in [-0.2, -0.15) is 18.2 Å². The molecule has 1 aromatic heterocycles. The lowest BCUT2D eigenvalue weighted by atomic mass is 10.1. The summed E-state index contributed by atoms with van der Waals surface area (Å²) in [5, 5.41) is 2.82.